The molecule has 0 saturated heterocycles. The predicted molar refractivity (Wildman–Crippen MR) is 74.5 cm³/mol. The number of hydrogen-bond acceptors (Lipinski definition) is 2. The molecule has 0 heterocycles. The maximum atomic E-state index is 11.7. The van der Waals surface area contributed by atoms with E-state index >= 15 is 0 Å². The van der Waals surface area contributed by atoms with Crippen LogP contribution in [0.3, 0.4) is 0 Å². The number of hydrogen-bond donors (Lipinski definition) is 2. The number of halogens is 1. The van der Waals surface area contributed by atoms with Crippen molar-refractivity contribution in [2.45, 2.75) is 19.4 Å². The van der Waals surface area contributed by atoms with Crippen molar-refractivity contribution in [1.29, 1.82) is 0 Å². The van der Waals surface area contributed by atoms with E-state index in [1.165, 1.54) is 6.92 Å². The van der Waals surface area contributed by atoms with Crippen LogP contribution in [0.15, 0.2) is 24.3 Å². The van der Waals surface area contributed by atoms with E-state index in [4.69, 9.17) is 18.0 Å². The number of amides is 2. The highest BCUT2D eigenvalue weighted by molar-refractivity contribution is 6.30. The summed E-state index contributed by atoms with van der Waals surface area (Å²) in [5.74, 6) is 1.90. The van der Waals surface area contributed by atoms with Gasteiger partial charge in [0.15, 0.2) is 0 Å². The minimum absolute atomic E-state index is 0.128. The molecular weight excluding hydrogens is 264 g/mol. The summed E-state index contributed by atoms with van der Waals surface area (Å²) in [5.41, 5.74) is 0.815. The first kappa shape index (κ1) is 15.1. The van der Waals surface area contributed by atoms with Crippen LogP contribution in [0.5, 0.6) is 0 Å². The van der Waals surface area contributed by atoms with Crippen LogP contribution in [-0.4, -0.2) is 18.4 Å². The van der Waals surface area contributed by atoms with Crippen LogP contribution in [0.2, 0.25) is 5.02 Å². The molecule has 100 valence electrons. The molecule has 19 heavy (non-hydrogen) atoms. The average molecular weight is 279 g/mol. The summed E-state index contributed by atoms with van der Waals surface area (Å²) in [6, 6.07) is 6.58. The van der Waals surface area contributed by atoms with Crippen LogP contribution in [0.1, 0.15) is 24.9 Å². The Morgan fingerprint density at radius 3 is 2.53 bits per heavy atom. The van der Waals surface area contributed by atoms with Gasteiger partial charge < -0.3 is 10.6 Å². The van der Waals surface area contributed by atoms with Crippen LogP contribution in [0.4, 0.5) is 0 Å². The lowest BCUT2D eigenvalue weighted by molar-refractivity contribution is -0.122. The van der Waals surface area contributed by atoms with Gasteiger partial charge in [-0.05, 0) is 17.7 Å². The second-order valence-electron chi connectivity index (χ2n) is 3.99. The molecule has 5 heteroatoms. The molecular formula is C14H15ClN2O2. The monoisotopic (exact) mass is 278 g/mol. The Kier molecular flexibility index (Phi) is 5.91. The first-order valence-corrected chi connectivity index (χ1v) is 6.13. The van der Waals surface area contributed by atoms with E-state index in [2.05, 4.69) is 16.6 Å². The van der Waals surface area contributed by atoms with Crippen molar-refractivity contribution in [1.82, 2.24) is 10.6 Å². The van der Waals surface area contributed by atoms with Gasteiger partial charge in [-0.3, -0.25) is 9.59 Å². The molecule has 0 aliphatic carbocycles. The smallest absolute Gasteiger partial charge is 0.223 e. The van der Waals surface area contributed by atoms with Crippen molar-refractivity contribution in [2.24, 2.45) is 0 Å². The molecule has 0 unspecified atom stereocenters. The Morgan fingerprint density at radius 2 is 2.00 bits per heavy atom. The summed E-state index contributed by atoms with van der Waals surface area (Å²) in [7, 11) is 0. The van der Waals surface area contributed by atoms with Gasteiger partial charge in [0.25, 0.3) is 0 Å². The topological polar surface area (TPSA) is 58.2 Å². The number of rotatable bonds is 5. The quantitative estimate of drug-likeness (QED) is 0.805. The zero-order valence-corrected chi connectivity index (χ0v) is 11.3. The molecule has 1 aromatic rings. The Labute approximate surface area is 117 Å². The van der Waals surface area contributed by atoms with Crippen molar-refractivity contribution in [3.05, 3.63) is 34.9 Å². The molecule has 1 aromatic carbocycles. The number of carbonyl (C=O) groups is 2. The van der Waals surface area contributed by atoms with Crippen LogP contribution in [0.25, 0.3) is 0 Å². The van der Waals surface area contributed by atoms with Gasteiger partial charge in [0.1, 0.15) is 0 Å². The fourth-order valence-electron chi connectivity index (χ4n) is 1.60. The Balaban J connectivity index is 2.77. The van der Waals surface area contributed by atoms with Crippen LogP contribution in [-0.2, 0) is 9.59 Å². The molecule has 2 N–H and O–H groups in total. The van der Waals surface area contributed by atoms with Crippen molar-refractivity contribution >= 4 is 23.4 Å². The average Bonchev–Trinajstić information content (AvgIpc) is 2.36. The normalized spacial score (nSPS) is 11.2. The molecule has 2 amide bonds. The molecule has 0 radical (unpaired) electrons. The summed E-state index contributed by atoms with van der Waals surface area (Å²) < 4.78 is 0. The predicted octanol–water partition coefficient (Wildman–Crippen LogP) is 1.66. The third-order valence-electron chi connectivity index (χ3n) is 2.43. The second kappa shape index (κ2) is 7.45. The maximum absolute atomic E-state index is 11.7. The zero-order chi connectivity index (χ0) is 14.3. The summed E-state index contributed by atoms with van der Waals surface area (Å²) in [5, 5.41) is 5.89. The molecule has 0 spiro atoms. The van der Waals surface area contributed by atoms with Gasteiger partial charge in [-0.2, -0.15) is 0 Å². The van der Waals surface area contributed by atoms with Gasteiger partial charge in [0.2, 0.25) is 11.8 Å². The fourth-order valence-corrected chi connectivity index (χ4v) is 1.73. The SMILES string of the molecule is C#CCNC(=O)C[C@H](NC(C)=O)c1ccc(Cl)cc1. The second-order valence-corrected chi connectivity index (χ2v) is 4.43. The van der Waals surface area contributed by atoms with E-state index in [9.17, 15) is 9.59 Å². The first-order chi connectivity index (χ1) is 9.02. The minimum atomic E-state index is -0.396. The molecule has 0 fully saturated rings. The molecule has 4 nitrogen and oxygen atoms in total. The summed E-state index contributed by atoms with van der Waals surface area (Å²) in [6.45, 7) is 1.58. The van der Waals surface area contributed by atoms with Gasteiger partial charge in [-0.15, -0.1) is 6.42 Å². The molecule has 0 aromatic heterocycles. The maximum Gasteiger partial charge on any atom is 0.223 e. The van der Waals surface area contributed by atoms with E-state index in [-0.39, 0.29) is 24.8 Å². The largest absolute Gasteiger partial charge is 0.349 e. The number of nitrogens with one attached hydrogen (secondary N) is 2. The molecule has 1 rings (SSSR count). The van der Waals surface area contributed by atoms with Crippen molar-refractivity contribution in [2.75, 3.05) is 6.54 Å². The van der Waals surface area contributed by atoms with Crippen molar-refractivity contribution < 1.29 is 9.59 Å². The molecule has 0 saturated carbocycles. The summed E-state index contributed by atoms with van der Waals surface area (Å²) >= 11 is 5.81. The first-order valence-electron chi connectivity index (χ1n) is 5.75. The van der Waals surface area contributed by atoms with E-state index in [0.717, 1.165) is 5.56 Å². The Bertz CT molecular complexity index is 491. The van der Waals surface area contributed by atoms with E-state index < -0.39 is 6.04 Å². The van der Waals surface area contributed by atoms with Crippen molar-refractivity contribution in [3.63, 3.8) is 0 Å². The number of carbonyl (C=O) groups excluding carboxylic acids is 2. The lowest BCUT2D eigenvalue weighted by Crippen LogP contribution is -2.32. The lowest BCUT2D eigenvalue weighted by atomic mass is 10.0. The van der Waals surface area contributed by atoms with E-state index in [1.807, 2.05) is 0 Å². The zero-order valence-electron chi connectivity index (χ0n) is 10.6. The molecule has 0 aliphatic rings. The summed E-state index contributed by atoms with van der Waals surface area (Å²) in [6.07, 6.45) is 5.19. The number of benzene rings is 1. The van der Waals surface area contributed by atoms with Gasteiger partial charge >= 0.3 is 0 Å². The minimum Gasteiger partial charge on any atom is -0.349 e. The third-order valence-corrected chi connectivity index (χ3v) is 2.68. The highest BCUT2D eigenvalue weighted by Crippen LogP contribution is 2.19. The highest BCUT2D eigenvalue weighted by Gasteiger charge is 2.16. The molecule has 1 atom stereocenters. The Hall–Kier alpha value is -1.99. The van der Waals surface area contributed by atoms with Gasteiger partial charge in [0.05, 0.1) is 19.0 Å². The van der Waals surface area contributed by atoms with Gasteiger partial charge in [-0.25, -0.2) is 0 Å². The van der Waals surface area contributed by atoms with E-state index in [1.54, 1.807) is 24.3 Å². The van der Waals surface area contributed by atoms with Crippen LogP contribution >= 0.6 is 11.6 Å². The van der Waals surface area contributed by atoms with Crippen LogP contribution in [0, 0.1) is 12.3 Å². The lowest BCUT2D eigenvalue weighted by Gasteiger charge is -2.17. The summed E-state index contributed by atoms with van der Waals surface area (Å²) in [4.78, 5) is 22.8. The van der Waals surface area contributed by atoms with Gasteiger partial charge in [-0.1, -0.05) is 29.7 Å². The highest BCUT2D eigenvalue weighted by atomic mass is 35.5. The van der Waals surface area contributed by atoms with Crippen molar-refractivity contribution in [3.8, 4) is 12.3 Å². The molecule has 0 bridgehead atoms. The van der Waals surface area contributed by atoms with Gasteiger partial charge in [0, 0.05) is 11.9 Å². The van der Waals surface area contributed by atoms with E-state index in [0.29, 0.717) is 5.02 Å². The fraction of sp³-hybridized carbons (Fsp3) is 0.286. The Morgan fingerprint density at radius 1 is 1.37 bits per heavy atom. The third kappa shape index (κ3) is 5.45. The molecule has 0 aliphatic heterocycles. The van der Waals surface area contributed by atoms with Crippen LogP contribution < -0.4 is 10.6 Å². The number of terminal acetylenes is 1. The standard InChI is InChI=1S/C14H15ClN2O2/c1-3-8-16-14(19)9-13(17-10(2)18)11-4-6-12(15)7-5-11/h1,4-7,13H,8-9H2,2H3,(H,16,19)(H,17,18)/t13-/m0/s1.